The Bertz CT molecular complexity index is 442. The summed E-state index contributed by atoms with van der Waals surface area (Å²) < 4.78 is 2.08. The molecule has 0 aliphatic carbocycles. The van der Waals surface area contributed by atoms with Crippen molar-refractivity contribution in [3.63, 3.8) is 0 Å². The SMILES string of the molecule is Clc1cccnc1NCCCCn1ccnc1. The third-order valence-corrected chi connectivity index (χ3v) is 2.76. The van der Waals surface area contributed by atoms with E-state index in [2.05, 4.69) is 19.9 Å². The Hall–Kier alpha value is -1.55. The van der Waals surface area contributed by atoms with E-state index in [0.717, 1.165) is 31.7 Å². The van der Waals surface area contributed by atoms with Crippen LogP contribution in [0.3, 0.4) is 0 Å². The topological polar surface area (TPSA) is 42.7 Å². The average Bonchev–Trinajstić information content (AvgIpc) is 2.84. The second-order valence-corrected chi connectivity index (χ2v) is 4.18. The molecule has 0 aromatic carbocycles. The Balaban J connectivity index is 1.65. The van der Waals surface area contributed by atoms with E-state index in [0.29, 0.717) is 5.02 Å². The Morgan fingerprint density at radius 3 is 3.00 bits per heavy atom. The quantitative estimate of drug-likeness (QED) is 0.802. The number of anilines is 1. The van der Waals surface area contributed by atoms with Crippen LogP contribution in [0, 0.1) is 0 Å². The zero-order valence-electron chi connectivity index (χ0n) is 9.51. The Morgan fingerprint density at radius 1 is 1.29 bits per heavy atom. The molecule has 2 heterocycles. The molecule has 17 heavy (non-hydrogen) atoms. The van der Waals surface area contributed by atoms with E-state index in [1.807, 2.05) is 24.7 Å². The minimum atomic E-state index is 0.669. The van der Waals surface area contributed by atoms with Crippen LogP contribution in [0.15, 0.2) is 37.1 Å². The summed E-state index contributed by atoms with van der Waals surface area (Å²) in [6, 6.07) is 3.66. The Labute approximate surface area is 106 Å². The second kappa shape index (κ2) is 6.25. The molecule has 4 nitrogen and oxygen atoms in total. The van der Waals surface area contributed by atoms with Gasteiger partial charge in [0.15, 0.2) is 0 Å². The highest BCUT2D eigenvalue weighted by molar-refractivity contribution is 6.32. The van der Waals surface area contributed by atoms with Crippen LogP contribution in [0.25, 0.3) is 0 Å². The average molecular weight is 251 g/mol. The molecule has 2 rings (SSSR count). The number of hydrogen-bond donors (Lipinski definition) is 1. The number of pyridine rings is 1. The van der Waals surface area contributed by atoms with Gasteiger partial charge >= 0.3 is 0 Å². The third kappa shape index (κ3) is 3.75. The van der Waals surface area contributed by atoms with Gasteiger partial charge in [-0.1, -0.05) is 11.6 Å². The highest BCUT2D eigenvalue weighted by Gasteiger charge is 1.98. The van der Waals surface area contributed by atoms with Crippen molar-refractivity contribution >= 4 is 17.4 Å². The number of rotatable bonds is 6. The number of halogens is 1. The second-order valence-electron chi connectivity index (χ2n) is 3.77. The maximum Gasteiger partial charge on any atom is 0.144 e. The number of aryl methyl sites for hydroxylation is 1. The van der Waals surface area contributed by atoms with Crippen molar-refractivity contribution in [3.05, 3.63) is 42.1 Å². The van der Waals surface area contributed by atoms with Crippen molar-refractivity contribution in [2.75, 3.05) is 11.9 Å². The largest absolute Gasteiger partial charge is 0.369 e. The Morgan fingerprint density at radius 2 is 2.24 bits per heavy atom. The maximum absolute atomic E-state index is 5.98. The highest BCUT2D eigenvalue weighted by Crippen LogP contribution is 2.17. The van der Waals surface area contributed by atoms with E-state index in [1.165, 1.54) is 0 Å². The smallest absolute Gasteiger partial charge is 0.144 e. The molecule has 1 N–H and O–H groups in total. The number of unbranched alkanes of at least 4 members (excludes halogenated alkanes) is 1. The molecule has 0 aliphatic heterocycles. The van der Waals surface area contributed by atoms with E-state index < -0.39 is 0 Å². The number of nitrogens with one attached hydrogen (secondary N) is 1. The lowest BCUT2D eigenvalue weighted by atomic mass is 10.3. The first-order valence-corrected chi connectivity index (χ1v) is 6.04. The molecule has 0 atom stereocenters. The summed E-state index contributed by atoms with van der Waals surface area (Å²) in [7, 11) is 0. The van der Waals surface area contributed by atoms with Crippen molar-refractivity contribution < 1.29 is 0 Å². The van der Waals surface area contributed by atoms with Crippen molar-refractivity contribution in [3.8, 4) is 0 Å². The van der Waals surface area contributed by atoms with Crippen LogP contribution in [-0.2, 0) is 6.54 Å². The molecule has 0 spiro atoms. The fourth-order valence-electron chi connectivity index (χ4n) is 1.56. The van der Waals surface area contributed by atoms with Crippen molar-refractivity contribution in [2.45, 2.75) is 19.4 Å². The number of hydrogen-bond acceptors (Lipinski definition) is 3. The lowest BCUT2D eigenvalue weighted by Gasteiger charge is -2.06. The van der Waals surface area contributed by atoms with E-state index in [-0.39, 0.29) is 0 Å². The Kier molecular flexibility index (Phi) is 4.38. The fourth-order valence-corrected chi connectivity index (χ4v) is 1.75. The predicted molar refractivity (Wildman–Crippen MR) is 69.2 cm³/mol. The summed E-state index contributed by atoms with van der Waals surface area (Å²) in [5, 5.41) is 3.89. The van der Waals surface area contributed by atoms with Gasteiger partial charge < -0.3 is 9.88 Å². The van der Waals surface area contributed by atoms with Gasteiger partial charge in [0.1, 0.15) is 5.82 Å². The molecule has 0 saturated carbocycles. The summed E-state index contributed by atoms with van der Waals surface area (Å²) in [5.41, 5.74) is 0. The summed E-state index contributed by atoms with van der Waals surface area (Å²) in [5.74, 6) is 0.761. The molecule has 2 aromatic rings. The summed E-state index contributed by atoms with van der Waals surface area (Å²) in [6.07, 6.45) is 9.52. The van der Waals surface area contributed by atoms with Crippen LogP contribution in [0.5, 0.6) is 0 Å². The first-order chi connectivity index (χ1) is 8.36. The molecule has 5 heteroatoms. The molecular weight excluding hydrogens is 236 g/mol. The monoisotopic (exact) mass is 250 g/mol. The van der Waals surface area contributed by atoms with Crippen LogP contribution in [0.4, 0.5) is 5.82 Å². The summed E-state index contributed by atoms with van der Waals surface area (Å²) in [4.78, 5) is 8.17. The molecule has 0 saturated heterocycles. The normalized spacial score (nSPS) is 10.4. The van der Waals surface area contributed by atoms with E-state index >= 15 is 0 Å². The molecule has 2 aromatic heterocycles. The van der Waals surface area contributed by atoms with Crippen LogP contribution in [0.1, 0.15) is 12.8 Å². The van der Waals surface area contributed by atoms with E-state index in [4.69, 9.17) is 11.6 Å². The molecule has 0 fully saturated rings. The molecule has 0 unspecified atom stereocenters. The fraction of sp³-hybridized carbons (Fsp3) is 0.333. The van der Waals surface area contributed by atoms with Gasteiger partial charge in [0, 0.05) is 31.7 Å². The lowest BCUT2D eigenvalue weighted by molar-refractivity contribution is 0.620. The standard InChI is InChI=1S/C12H15ClN4/c13-11-4-3-6-16-12(11)15-5-1-2-8-17-9-7-14-10-17/h3-4,6-7,9-10H,1-2,5,8H2,(H,15,16). The van der Waals surface area contributed by atoms with Gasteiger partial charge in [0.05, 0.1) is 11.3 Å². The van der Waals surface area contributed by atoms with Gasteiger partial charge in [0.25, 0.3) is 0 Å². The first kappa shape index (κ1) is 11.9. The number of aromatic nitrogens is 3. The molecule has 0 aliphatic rings. The molecule has 0 amide bonds. The maximum atomic E-state index is 5.98. The van der Waals surface area contributed by atoms with Gasteiger partial charge in [0.2, 0.25) is 0 Å². The van der Waals surface area contributed by atoms with Crippen molar-refractivity contribution in [2.24, 2.45) is 0 Å². The number of imidazole rings is 1. The predicted octanol–water partition coefficient (Wildman–Crippen LogP) is 2.82. The third-order valence-electron chi connectivity index (χ3n) is 2.45. The lowest BCUT2D eigenvalue weighted by Crippen LogP contribution is -2.05. The zero-order chi connectivity index (χ0) is 11.9. The molecule has 0 radical (unpaired) electrons. The van der Waals surface area contributed by atoms with Crippen molar-refractivity contribution in [1.82, 2.24) is 14.5 Å². The zero-order valence-corrected chi connectivity index (χ0v) is 10.3. The van der Waals surface area contributed by atoms with E-state index in [9.17, 15) is 0 Å². The minimum Gasteiger partial charge on any atom is -0.369 e. The van der Waals surface area contributed by atoms with Gasteiger partial charge in [-0.2, -0.15) is 0 Å². The van der Waals surface area contributed by atoms with Gasteiger partial charge in [-0.05, 0) is 25.0 Å². The number of nitrogens with zero attached hydrogens (tertiary/aromatic N) is 3. The molecular formula is C12H15ClN4. The van der Waals surface area contributed by atoms with Crippen LogP contribution >= 0.6 is 11.6 Å². The minimum absolute atomic E-state index is 0.669. The summed E-state index contributed by atoms with van der Waals surface area (Å²) in [6.45, 7) is 1.88. The van der Waals surface area contributed by atoms with Crippen molar-refractivity contribution in [1.29, 1.82) is 0 Å². The van der Waals surface area contributed by atoms with Crippen LogP contribution in [0.2, 0.25) is 5.02 Å². The van der Waals surface area contributed by atoms with E-state index in [1.54, 1.807) is 12.4 Å². The van der Waals surface area contributed by atoms with Crippen LogP contribution < -0.4 is 5.32 Å². The molecule has 0 bridgehead atoms. The molecule has 90 valence electrons. The highest BCUT2D eigenvalue weighted by atomic mass is 35.5. The van der Waals surface area contributed by atoms with Gasteiger partial charge in [-0.25, -0.2) is 9.97 Å². The summed E-state index contributed by atoms with van der Waals surface area (Å²) >= 11 is 5.98. The first-order valence-electron chi connectivity index (χ1n) is 5.66. The van der Waals surface area contributed by atoms with Crippen LogP contribution in [-0.4, -0.2) is 21.1 Å². The van der Waals surface area contributed by atoms with Gasteiger partial charge in [-0.15, -0.1) is 0 Å². The van der Waals surface area contributed by atoms with Gasteiger partial charge in [-0.3, -0.25) is 0 Å².